The first-order chi connectivity index (χ1) is 10.2. The standard InChI is InChI=1S/C16H14ClNOS2/c1-20-16(21-2)14(11-7-9-18-10-8-11)15(19)12-3-5-13(17)6-4-12/h3-10H,1-2H3. The van der Waals surface area contributed by atoms with Crippen LogP contribution in [-0.2, 0) is 0 Å². The summed E-state index contributed by atoms with van der Waals surface area (Å²) in [5.74, 6) is -0.00318. The Morgan fingerprint density at radius 1 is 0.952 bits per heavy atom. The molecule has 0 N–H and O–H groups in total. The third-order valence-corrected chi connectivity index (χ3v) is 5.28. The molecule has 0 spiro atoms. The third-order valence-electron chi connectivity index (χ3n) is 2.88. The highest BCUT2D eigenvalue weighted by Crippen LogP contribution is 2.35. The minimum atomic E-state index is -0.00318. The van der Waals surface area contributed by atoms with Crippen molar-refractivity contribution in [3.05, 3.63) is 69.2 Å². The average molecular weight is 336 g/mol. The highest BCUT2D eigenvalue weighted by atomic mass is 35.5. The Morgan fingerprint density at radius 2 is 1.52 bits per heavy atom. The number of ketones is 1. The Hall–Kier alpha value is -1.23. The molecule has 0 aliphatic carbocycles. The smallest absolute Gasteiger partial charge is 0.195 e. The second kappa shape index (κ2) is 7.69. The molecule has 1 heterocycles. The second-order valence-electron chi connectivity index (χ2n) is 4.14. The number of Topliss-reactive ketones (excluding diaryl/α,β-unsaturated/α-hetero) is 1. The lowest BCUT2D eigenvalue weighted by atomic mass is 9.99. The van der Waals surface area contributed by atoms with E-state index in [9.17, 15) is 4.79 Å². The molecule has 0 fully saturated rings. The molecular weight excluding hydrogens is 322 g/mol. The highest BCUT2D eigenvalue weighted by molar-refractivity contribution is 8.22. The summed E-state index contributed by atoms with van der Waals surface area (Å²) in [4.78, 5) is 16.9. The van der Waals surface area contributed by atoms with Crippen molar-refractivity contribution >= 4 is 46.5 Å². The number of carbonyl (C=O) groups excluding carboxylic acids is 1. The summed E-state index contributed by atoms with van der Waals surface area (Å²) in [5, 5.41) is 0.621. The zero-order chi connectivity index (χ0) is 15.2. The summed E-state index contributed by atoms with van der Waals surface area (Å²) < 4.78 is 0.987. The minimum absolute atomic E-state index is 0.00318. The van der Waals surface area contributed by atoms with Gasteiger partial charge in [-0.2, -0.15) is 0 Å². The molecule has 0 amide bonds. The molecule has 0 saturated carbocycles. The summed E-state index contributed by atoms with van der Waals surface area (Å²) in [5.41, 5.74) is 2.22. The number of pyridine rings is 1. The van der Waals surface area contributed by atoms with Crippen LogP contribution in [0.5, 0.6) is 0 Å². The molecule has 0 atom stereocenters. The van der Waals surface area contributed by atoms with Gasteiger partial charge in [0, 0.05) is 28.6 Å². The summed E-state index contributed by atoms with van der Waals surface area (Å²) >= 11 is 9.04. The maximum Gasteiger partial charge on any atom is 0.195 e. The van der Waals surface area contributed by atoms with Gasteiger partial charge in [0.2, 0.25) is 0 Å². The zero-order valence-electron chi connectivity index (χ0n) is 11.7. The molecule has 0 saturated heterocycles. The van der Waals surface area contributed by atoms with E-state index in [2.05, 4.69) is 4.98 Å². The predicted octanol–water partition coefficient (Wildman–Crippen LogP) is 5.01. The van der Waals surface area contributed by atoms with Crippen LogP contribution in [0.25, 0.3) is 5.57 Å². The van der Waals surface area contributed by atoms with Gasteiger partial charge in [-0.15, -0.1) is 23.5 Å². The molecule has 5 heteroatoms. The van der Waals surface area contributed by atoms with E-state index in [-0.39, 0.29) is 5.78 Å². The van der Waals surface area contributed by atoms with Gasteiger partial charge in [0.1, 0.15) is 0 Å². The molecule has 2 aromatic rings. The van der Waals surface area contributed by atoms with E-state index in [1.165, 1.54) is 0 Å². The number of benzene rings is 1. The summed E-state index contributed by atoms with van der Waals surface area (Å²) in [6.07, 6.45) is 7.34. The molecule has 21 heavy (non-hydrogen) atoms. The van der Waals surface area contributed by atoms with Gasteiger partial charge >= 0.3 is 0 Å². The van der Waals surface area contributed by atoms with Crippen molar-refractivity contribution in [1.82, 2.24) is 4.98 Å². The highest BCUT2D eigenvalue weighted by Gasteiger charge is 2.18. The Balaban J connectivity index is 2.53. The average Bonchev–Trinajstić information content (AvgIpc) is 2.53. The Labute approximate surface area is 138 Å². The number of aromatic nitrogens is 1. The molecule has 2 rings (SSSR count). The largest absolute Gasteiger partial charge is 0.289 e. The SMILES string of the molecule is CSC(SC)=C(C(=O)c1ccc(Cl)cc1)c1ccncc1. The van der Waals surface area contributed by atoms with Gasteiger partial charge in [-0.25, -0.2) is 0 Å². The van der Waals surface area contributed by atoms with Crippen LogP contribution in [0.15, 0.2) is 53.0 Å². The fraction of sp³-hybridized carbons (Fsp3) is 0.125. The van der Waals surface area contributed by atoms with E-state index in [1.807, 2.05) is 24.6 Å². The molecule has 0 aliphatic rings. The van der Waals surface area contributed by atoms with Crippen LogP contribution in [0.3, 0.4) is 0 Å². The van der Waals surface area contributed by atoms with E-state index in [1.54, 1.807) is 60.2 Å². The lowest BCUT2D eigenvalue weighted by molar-refractivity contribution is 0.105. The van der Waals surface area contributed by atoms with Crippen molar-refractivity contribution in [3.63, 3.8) is 0 Å². The lowest BCUT2D eigenvalue weighted by Gasteiger charge is -2.12. The predicted molar refractivity (Wildman–Crippen MR) is 94.0 cm³/mol. The maximum absolute atomic E-state index is 12.9. The zero-order valence-corrected chi connectivity index (χ0v) is 14.1. The van der Waals surface area contributed by atoms with Crippen LogP contribution < -0.4 is 0 Å². The topological polar surface area (TPSA) is 30.0 Å². The normalized spacial score (nSPS) is 10.2. The van der Waals surface area contributed by atoms with Crippen LogP contribution in [0, 0.1) is 0 Å². The van der Waals surface area contributed by atoms with Crippen molar-refractivity contribution in [2.75, 3.05) is 12.5 Å². The van der Waals surface area contributed by atoms with Crippen molar-refractivity contribution < 1.29 is 4.79 Å². The van der Waals surface area contributed by atoms with Gasteiger partial charge in [-0.3, -0.25) is 9.78 Å². The van der Waals surface area contributed by atoms with E-state index >= 15 is 0 Å². The van der Waals surface area contributed by atoms with Gasteiger partial charge in [-0.1, -0.05) is 11.6 Å². The maximum atomic E-state index is 12.9. The van der Waals surface area contributed by atoms with E-state index < -0.39 is 0 Å². The monoisotopic (exact) mass is 335 g/mol. The summed E-state index contributed by atoms with van der Waals surface area (Å²) in [6, 6.07) is 10.7. The van der Waals surface area contributed by atoms with E-state index in [0.717, 1.165) is 9.80 Å². The molecule has 0 unspecified atom stereocenters. The molecule has 1 aromatic heterocycles. The second-order valence-corrected chi connectivity index (χ2v) is 6.47. The van der Waals surface area contributed by atoms with Gasteiger partial charge < -0.3 is 0 Å². The van der Waals surface area contributed by atoms with Gasteiger partial charge in [-0.05, 0) is 54.5 Å². The molecule has 108 valence electrons. The van der Waals surface area contributed by atoms with Crippen molar-refractivity contribution in [3.8, 4) is 0 Å². The van der Waals surface area contributed by atoms with Crippen LogP contribution >= 0.6 is 35.1 Å². The number of thioether (sulfide) groups is 2. The fourth-order valence-corrected chi connectivity index (χ4v) is 3.52. The first-order valence-electron chi connectivity index (χ1n) is 6.20. The molecule has 0 aliphatic heterocycles. The van der Waals surface area contributed by atoms with E-state index in [4.69, 9.17) is 11.6 Å². The molecular formula is C16H14ClNOS2. The number of rotatable bonds is 5. The number of hydrogen-bond donors (Lipinski definition) is 0. The minimum Gasteiger partial charge on any atom is -0.289 e. The van der Waals surface area contributed by atoms with Crippen LogP contribution in [-0.4, -0.2) is 23.3 Å². The van der Waals surface area contributed by atoms with Crippen molar-refractivity contribution in [2.24, 2.45) is 0 Å². The molecule has 1 aromatic carbocycles. The van der Waals surface area contributed by atoms with Crippen LogP contribution in [0.1, 0.15) is 15.9 Å². The fourth-order valence-electron chi connectivity index (χ4n) is 1.89. The first kappa shape index (κ1) is 16.1. The number of allylic oxidation sites excluding steroid dienone is 1. The molecule has 2 nitrogen and oxygen atoms in total. The summed E-state index contributed by atoms with van der Waals surface area (Å²) in [7, 11) is 0. The number of hydrogen-bond acceptors (Lipinski definition) is 4. The number of nitrogens with zero attached hydrogens (tertiary/aromatic N) is 1. The molecule has 0 radical (unpaired) electrons. The van der Waals surface area contributed by atoms with Crippen molar-refractivity contribution in [1.29, 1.82) is 0 Å². The van der Waals surface area contributed by atoms with Gasteiger partial charge in [0.25, 0.3) is 0 Å². The lowest BCUT2D eigenvalue weighted by Crippen LogP contribution is -2.04. The quantitative estimate of drug-likeness (QED) is 0.567. The number of halogens is 1. The van der Waals surface area contributed by atoms with Gasteiger partial charge in [0.15, 0.2) is 5.78 Å². The Bertz CT molecular complexity index is 648. The number of carbonyl (C=O) groups is 1. The Kier molecular flexibility index (Phi) is 5.91. The third kappa shape index (κ3) is 3.90. The van der Waals surface area contributed by atoms with Gasteiger partial charge in [0.05, 0.1) is 4.24 Å². The van der Waals surface area contributed by atoms with Crippen molar-refractivity contribution in [2.45, 2.75) is 0 Å². The Morgan fingerprint density at radius 3 is 2.05 bits per heavy atom. The van der Waals surface area contributed by atoms with Crippen LogP contribution in [0.4, 0.5) is 0 Å². The first-order valence-corrected chi connectivity index (χ1v) is 9.03. The van der Waals surface area contributed by atoms with E-state index in [0.29, 0.717) is 16.2 Å². The summed E-state index contributed by atoms with van der Waals surface area (Å²) in [6.45, 7) is 0. The molecule has 0 bridgehead atoms. The van der Waals surface area contributed by atoms with Crippen LogP contribution in [0.2, 0.25) is 5.02 Å².